The summed E-state index contributed by atoms with van der Waals surface area (Å²) in [5, 5.41) is 13.8. The van der Waals surface area contributed by atoms with Crippen LogP contribution in [-0.4, -0.2) is 39.0 Å². The van der Waals surface area contributed by atoms with Gasteiger partial charge >= 0.3 is 5.97 Å². The van der Waals surface area contributed by atoms with Crippen LogP contribution in [0.25, 0.3) is 0 Å². The number of methoxy groups -OCH3 is 1. The first-order valence-electron chi connectivity index (χ1n) is 8.12. The van der Waals surface area contributed by atoms with Crippen LogP contribution in [0.1, 0.15) is 37.8 Å². The van der Waals surface area contributed by atoms with Crippen molar-refractivity contribution in [3.63, 3.8) is 0 Å². The Morgan fingerprint density at radius 1 is 1.30 bits per heavy atom. The second-order valence-corrected chi connectivity index (χ2v) is 6.31. The van der Waals surface area contributed by atoms with Gasteiger partial charge in [0.05, 0.1) is 47.5 Å². The third-order valence-electron chi connectivity index (χ3n) is 4.18. The number of carbonyl (C=O) groups is 2. The number of nitrogens with zero attached hydrogens (tertiary/aromatic N) is 3. The van der Waals surface area contributed by atoms with Crippen molar-refractivity contribution in [3.8, 4) is 0 Å². The zero-order valence-corrected chi connectivity index (χ0v) is 15.8. The second-order valence-electron chi connectivity index (χ2n) is 5.90. The van der Waals surface area contributed by atoms with Crippen LogP contribution in [0, 0.1) is 13.8 Å². The molecule has 0 spiro atoms. The summed E-state index contributed by atoms with van der Waals surface area (Å²) in [4.78, 5) is 24.3. The topological polar surface area (TPSA) is 102 Å². The molecular formula is C18H18ClN5O3. The van der Waals surface area contributed by atoms with Gasteiger partial charge in [-0.1, -0.05) is 29.8 Å². The van der Waals surface area contributed by atoms with E-state index in [-0.39, 0.29) is 10.7 Å². The highest BCUT2D eigenvalue weighted by atomic mass is 35.5. The molecule has 3 aromatic rings. The van der Waals surface area contributed by atoms with Crippen molar-refractivity contribution in [1.82, 2.24) is 20.0 Å². The number of aromatic nitrogens is 4. The van der Waals surface area contributed by atoms with Gasteiger partial charge in [-0.15, -0.1) is 0 Å². The molecule has 0 aliphatic rings. The van der Waals surface area contributed by atoms with Crippen molar-refractivity contribution >= 4 is 29.2 Å². The van der Waals surface area contributed by atoms with Gasteiger partial charge in [-0.05, 0) is 25.5 Å². The molecule has 140 valence electrons. The van der Waals surface area contributed by atoms with E-state index in [9.17, 15) is 9.59 Å². The van der Waals surface area contributed by atoms with Crippen LogP contribution < -0.4 is 5.32 Å². The number of ether oxygens (including phenoxy) is 1. The molecule has 0 aliphatic heterocycles. The van der Waals surface area contributed by atoms with E-state index >= 15 is 0 Å². The number of amides is 1. The standard InChI is InChI=1S/C18H18ClN5O3/c1-10-15(21-17(25)16-14(19)8-20-22-16)11(2)24(23-10)9-12-6-4-5-7-13(12)18(26)27-3/h4-8H,9H2,1-3H3,(H,20,22)(H,21,25). The number of esters is 1. The number of rotatable bonds is 5. The SMILES string of the molecule is COC(=O)c1ccccc1Cn1nc(C)c(NC(=O)c2[nH]ncc2Cl)c1C. The van der Waals surface area contributed by atoms with E-state index in [4.69, 9.17) is 16.3 Å². The first-order valence-corrected chi connectivity index (χ1v) is 8.50. The number of H-pyrrole nitrogens is 1. The number of nitrogens with one attached hydrogen (secondary N) is 2. The Morgan fingerprint density at radius 2 is 2.04 bits per heavy atom. The van der Waals surface area contributed by atoms with E-state index in [2.05, 4.69) is 20.6 Å². The zero-order chi connectivity index (χ0) is 19.6. The maximum Gasteiger partial charge on any atom is 0.338 e. The van der Waals surface area contributed by atoms with E-state index in [0.29, 0.717) is 23.5 Å². The number of hydrogen-bond acceptors (Lipinski definition) is 5. The first-order chi connectivity index (χ1) is 12.9. The Labute approximate surface area is 160 Å². The number of anilines is 1. The summed E-state index contributed by atoms with van der Waals surface area (Å²) in [6.07, 6.45) is 1.36. The lowest BCUT2D eigenvalue weighted by molar-refractivity contribution is 0.0599. The summed E-state index contributed by atoms with van der Waals surface area (Å²) in [5.41, 5.74) is 3.40. The van der Waals surface area contributed by atoms with E-state index < -0.39 is 11.9 Å². The molecule has 8 nitrogen and oxygen atoms in total. The first kappa shape index (κ1) is 18.7. The van der Waals surface area contributed by atoms with Crippen LogP contribution in [0.4, 0.5) is 5.69 Å². The Balaban J connectivity index is 1.88. The fraction of sp³-hybridized carbons (Fsp3) is 0.222. The van der Waals surface area contributed by atoms with Crippen molar-refractivity contribution < 1.29 is 14.3 Å². The smallest absolute Gasteiger partial charge is 0.338 e. The molecule has 1 aromatic carbocycles. The van der Waals surface area contributed by atoms with E-state index in [1.165, 1.54) is 13.3 Å². The van der Waals surface area contributed by atoms with Crippen LogP contribution >= 0.6 is 11.6 Å². The average Bonchev–Trinajstić information content (AvgIpc) is 3.20. The lowest BCUT2D eigenvalue weighted by Crippen LogP contribution is -2.14. The third-order valence-corrected chi connectivity index (χ3v) is 4.47. The summed E-state index contributed by atoms with van der Waals surface area (Å²) in [7, 11) is 1.34. The van der Waals surface area contributed by atoms with Crippen molar-refractivity contribution in [1.29, 1.82) is 0 Å². The van der Waals surface area contributed by atoms with Gasteiger partial charge in [-0.2, -0.15) is 10.2 Å². The summed E-state index contributed by atoms with van der Waals surface area (Å²) < 4.78 is 6.55. The lowest BCUT2D eigenvalue weighted by Gasteiger charge is -2.10. The summed E-state index contributed by atoms with van der Waals surface area (Å²) in [6, 6.07) is 7.16. The van der Waals surface area contributed by atoms with Gasteiger partial charge < -0.3 is 10.1 Å². The second kappa shape index (κ2) is 7.63. The quantitative estimate of drug-likeness (QED) is 0.655. The van der Waals surface area contributed by atoms with Gasteiger partial charge in [0.1, 0.15) is 5.69 Å². The highest BCUT2D eigenvalue weighted by Gasteiger charge is 2.19. The largest absolute Gasteiger partial charge is 0.465 e. The molecule has 0 aliphatic carbocycles. The Kier molecular flexibility index (Phi) is 5.27. The zero-order valence-electron chi connectivity index (χ0n) is 15.0. The molecule has 27 heavy (non-hydrogen) atoms. The van der Waals surface area contributed by atoms with Crippen LogP contribution in [0.3, 0.4) is 0 Å². The Hall–Kier alpha value is -3.13. The number of hydrogen-bond donors (Lipinski definition) is 2. The fourth-order valence-electron chi connectivity index (χ4n) is 2.77. The number of carbonyl (C=O) groups excluding carboxylic acids is 2. The summed E-state index contributed by atoms with van der Waals surface area (Å²) in [5.74, 6) is -0.812. The lowest BCUT2D eigenvalue weighted by atomic mass is 10.1. The van der Waals surface area contributed by atoms with Gasteiger partial charge in [0.25, 0.3) is 5.91 Å². The number of benzene rings is 1. The molecule has 0 saturated carbocycles. The molecule has 2 aromatic heterocycles. The maximum atomic E-state index is 12.4. The minimum Gasteiger partial charge on any atom is -0.465 e. The molecule has 0 radical (unpaired) electrons. The third kappa shape index (κ3) is 3.70. The molecule has 0 unspecified atom stereocenters. The maximum absolute atomic E-state index is 12.4. The van der Waals surface area contributed by atoms with Crippen molar-refractivity contribution in [2.24, 2.45) is 0 Å². The molecule has 0 fully saturated rings. The predicted octanol–water partition coefficient (Wildman–Crippen LogP) is 2.96. The molecule has 2 heterocycles. The molecular weight excluding hydrogens is 370 g/mol. The summed E-state index contributed by atoms with van der Waals surface area (Å²) in [6.45, 7) is 3.99. The molecule has 9 heteroatoms. The van der Waals surface area contributed by atoms with Crippen LogP contribution in [-0.2, 0) is 11.3 Å². The van der Waals surface area contributed by atoms with Crippen LogP contribution in [0.5, 0.6) is 0 Å². The van der Waals surface area contributed by atoms with Crippen LogP contribution in [0.2, 0.25) is 5.02 Å². The van der Waals surface area contributed by atoms with Gasteiger partial charge in [-0.25, -0.2) is 4.79 Å². The van der Waals surface area contributed by atoms with E-state index in [0.717, 1.165) is 11.3 Å². The number of halogens is 1. The minimum atomic E-state index is -0.408. The van der Waals surface area contributed by atoms with Crippen molar-refractivity contribution in [2.45, 2.75) is 20.4 Å². The van der Waals surface area contributed by atoms with Crippen LogP contribution in [0.15, 0.2) is 30.5 Å². The van der Waals surface area contributed by atoms with E-state index in [1.54, 1.807) is 23.7 Å². The Morgan fingerprint density at radius 3 is 2.70 bits per heavy atom. The van der Waals surface area contributed by atoms with Crippen molar-refractivity contribution in [2.75, 3.05) is 12.4 Å². The van der Waals surface area contributed by atoms with Gasteiger partial charge in [-0.3, -0.25) is 14.6 Å². The molecule has 3 rings (SSSR count). The molecule has 2 N–H and O–H groups in total. The Bertz CT molecular complexity index is 1010. The minimum absolute atomic E-state index is 0.180. The highest BCUT2D eigenvalue weighted by molar-refractivity contribution is 6.34. The van der Waals surface area contributed by atoms with Gasteiger partial charge in [0.2, 0.25) is 0 Å². The van der Waals surface area contributed by atoms with Crippen molar-refractivity contribution in [3.05, 3.63) is 63.7 Å². The highest BCUT2D eigenvalue weighted by Crippen LogP contribution is 2.23. The predicted molar refractivity (Wildman–Crippen MR) is 100 cm³/mol. The fourth-order valence-corrected chi connectivity index (χ4v) is 2.94. The molecule has 1 amide bonds. The number of aryl methyl sites for hydroxylation is 1. The van der Waals surface area contributed by atoms with Gasteiger partial charge in [0, 0.05) is 0 Å². The normalized spacial score (nSPS) is 10.7. The summed E-state index contributed by atoms with van der Waals surface area (Å²) >= 11 is 5.93. The molecule has 0 saturated heterocycles. The van der Waals surface area contributed by atoms with Gasteiger partial charge in [0.15, 0.2) is 0 Å². The molecule has 0 atom stereocenters. The monoisotopic (exact) mass is 387 g/mol. The molecule has 0 bridgehead atoms. The van der Waals surface area contributed by atoms with E-state index in [1.807, 2.05) is 19.1 Å². The average molecular weight is 388 g/mol. The number of aromatic amines is 1.